The Hall–Kier alpha value is -3.38. The molecule has 0 fully saturated rings. The van der Waals surface area contributed by atoms with Crippen molar-refractivity contribution in [2.45, 2.75) is 13.5 Å². The highest BCUT2D eigenvalue weighted by atomic mass is 32.1. The lowest BCUT2D eigenvalue weighted by atomic mass is 10.1. The number of nitrogens with one attached hydrogen (secondary N) is 1. The Labute approximate surface area is 173 Å². The van der Waals surface area contributed by atoms with E-state index in [1.807, 2.05) is 60.8 Å². The third-order valence-corrected chi connectivity index (χ3v) is 5.39. The van der Waals surface area contributed by atoms with Gasteiger partial charge in [0.25, 0.3) is 5.91 Å². The first kappa shape index (κ1) is 19.0. The molecule has 0 aliphatic carbocycles. The Kier molecular flexibility index (Phi) is 5.44. The Morgan fingerprint density at radius 2 is 2.00 bits per heavy atom. The average molecular weight is 404 g/mol. The quantitative estimate of drug-likeness (QED) is 0.650. The van der Waals surface area contributed by atoms with Gasteiger partial charge in [0.15, 0.2) is 11.5 Å². The zero-order valence-electron chi connectivity index (χ0n) is 15.9. The van der Waals surface area contributed by atoms with E-state index in [4.69, 9.17) is 4.74 Å². The maximum Gasteiger partial charge on any atom is 0.294 e. The molecule has 4 rings (SSSR count). The number of hydrogen-bond donors (Lipinski definition) is 1. The number of aryl methyl sites for hydroxylation is 1. The van der Waals surface area contributed by atoms with E-state index in [-0.39, 0.29) is 24.1 Å². The number of rotatable bonds is 5. The molecular weight excluding hydrogens is 384 g/mol. The van der Waals surface area contributed by atoms with Crippen molar-refractivity contribution in [3.05, 3.63) is 87.8 Å². The van der Waals surface area contributed by atoms with Gasteiger partial charge in [0.05, 0.1) is 12.2 Å². The first-order valence-corrected chi connectivity index (χ1v) is 10.1. The van der Waals surface area contributed by atoms with Crippen molar-refractivity contribution in [3.63, 3.8) is 0 Å². The fourth-order valence-electron chi connectivity index (χ4n) is 3.13. The molecule has 1 aliphatic rings. The lowest BCUT2D eigenvalue weighted by Gasteiger charge is -2.30. The number of carbonyl (C=O) groups is 2. The van der Waals surface area contributed by atoms with E-state index in [1.54, 1.807) is 29.5 Å². The van der Waals surface area contributed by atoms with E-state index in [0.29, 0.717) is 18.0 Å². The molecule has 146 valence electrons. The molecule has 29 heavy (non-hydrogen) atoms. The zero-order valence-corrected chi connectivity index (χ0v) is 16.7. The SMILES string of the molecule is Cc1cccc(C=C2Oc3ccccc3N(CC(=O)NCc3cccs3)C2=O)c1. The molecule has 0 unspecified atom stereocenters. The standard InChI is InChI=1S/C23H20N2O3S/c1-16-6-4-7-17(12-16)13-21-23(27)25(19-9-2-3-10-20(19)28-21)15-22(26)24-14-18-8-5-11-29-18/h2-13H,14-15H2,1H3,(H,24,26). The molecular formula is C23H20N2O3S. The highest BCUT2D eigenvalue weighted by molar-refractivity contribution is 7.09. The van der Waals surface area contributed by atoms with Gasteiger partial charge in [0.2, 0.25) is 5.91 Å². The van der Waals surface area contributed by atoms with Crippen LogP contribution in [-0.2, 0) is 16.1 Å². The molecule has 1 aromatic heterocycles. The summed E-state index contributed by atoms with van der Waals surface area (Å²) in [7, 11) is 0. The summed E-state index contributed by atoms with van der Waals surface area (Å²) >= 11 is 1.58. The summed E-state index contributed by atoms with van der Waals surface area (Å²) in [5.74, 6) is 0.187. The third-order valence-electron chi connectivity index (χ3n) is 4.51. The van der Waals surface area contributed by atoms with Gasteiger partial charge >= 0.3 is 0 Å². The number of thiophene rings is 1. The number of nitrogens with zero attached hydrogens (tertiary/aromatic N) is 1. The lowest BCUT2D eigenvalue weighted by molar-refractivity contribution is -0.123. The smallest absolute Gasteiger partial charge is 0.294 e. The van der Waals surface area contributed by atoms with Crippen LogP contribution in [0.2, 0.25) is 0 Å². The van der Waals surface area contributed by atoms with Crippen molar-refractivity contribution in [2.24, 2.45) is 0 Å². The molecule has 2 amide bonds. The molecule has 2 heterocycles. The molecule has 0 saturated carbocycles. The fraction of sp³-hybridized carbons (Fsp3) is 0.130. The van der Waals surface area contributed by atoms with E-state index < -0.39 is 0 Å². The molecule has 0 spiro atoms. The van der Waals surface area contributed by atoms with Crippen molar-refractivity contribution < 1.29 is 14.3 Å². The molecule has 6 heteroatoms. The molecule has 3 aromatic rings. The van der Waals surface area contributed by atoms with Gasteiger partial charge in [0.1, 0.15) is 6.54 Å². The van der Waals surface area contributed by atoms with Crippen LogP contribution in [0.5, 0.6) is 5.75 Å². The number of fused-ring (bicyclic) bond motifs is 1. The van der Waals surface area contributed by atoms with E-state index >= 15 is 0 Å². The first-order chi connectivity index (χ1) is 14.1. The molecule has 0 atom stereocenters. The monoisotopic (exact) mass is 404 g/mol. The van der Waals surface area contributed by atoms with Crippen molar-refractivity contribution >= 4 is 34.9 Å². The summed E-state index contributed by atoms with van der Waals surface area (Å²) in [6.07, 6.45) is 1.71. The molecule has 1 N–H and O–H groups in total. The van der Waals surface area contributed by atoms with E-state index in [1.165, 1.54) is 4.90 Å². The largest absolute Gasteiger partial charge is 0.449 e. The van der Waals surface area contributed by atoms with Crippen LogP contribution in [0.15, 0.2) is 71.8 Å². The van der Waals surface area contributed by atoms with Gasteiger partial charge in [-0.3, -0.25) is 14.5 Å². The van der Waals surface area contributed by atoms with Crippen LogP contribution < -0.4 is 15.0 Å². The highest BCUT2D eigenvalue weighted by Crippen LogP contribution is 2.35. The van der Waals surface area contributed by atoms with Gasteiger partial charge in [-0.15, -0.1) is 11.3 Å². The molecule has 0 saturated heterocycles. The predicted molar refractivity (Wildman–Crippen MR) is 115 cm³/mol. The van der Waals surface area contributed by atoms with Crippen LogP contribution in [-0.4, -0.2) is 18.4 Å². The average Bonchev–Trinajstić information content (AvgIpc) is 3.23. The number of carbonyl (C=O) groups excluding carboxylic acids is 2. The second-order valence-electron chi connectivity index (χ2n) is 6.74. The Morgan fingerprint density at radius 1 is 1.14 bits per heavy atom. The van der Waals surface area contributed by atoms with Crippen LogP contribution in [0.1, 0.15) is 16.0 Å². The van der Waals surface area contributed by atoms with E-state index in [0.717, 1.165) is 16.0 Å². The van der Waals surface area contributed by atoms with Gasteiger partial charge in [-0.1, -0.05) is 48.0 Å². The van der Waals surface area contributed by atoms with Gasteiger partial charge in [-0.05, 0) is 42.1 Å². The molecule has 1 aliphatic heterocycles. The maximum absolute atomic E-state index is 13.1. The minimum atomic E-state index is -0.337. The topological polar surface area (TPSA) is 58.6 Å². The summed E-state index contributed by atoms with van der Waals surface area (Å²) in [5, 5.41) is 4.84. The minimum Gasteiger partial charge on any atom is -0.449 e. The first-order valence-electron chi connectivity index (χ1n) is 9.26. The zero-order chi connectivity index (χ0) is 20.2. The highest BCUT2D eigenvalue weighted by Gasteiger charge is 2.31. The van der Waals surface area contributed by atoms with Gasteiger partial charge in [-0.25, -0.2) is 0 Å². The van der Waals surface area contributed by atoms with Crippen LogP contribution in [0.4, 0.5) is 5.69 Å². The minimum absolute atomic E-state index is 0.0737. The number of hydrogen-bond acceptors (Lipinski definition) is 4. The molecule has 0 bridgehead atoms. The normalized spacial score (nSPS) is 14.4. The summed E-state index contributed by atoms with van der Waals surface area (Å²) in [4.78, 5) is 28.1. The summed E-state index contributed by atoms with van der Waals surface area (Å²) in [6.45, 7) is 2.36. The molecule has 2 aromatic carbocycles. The Balaban J connectivity index is 1.58. The summed E-state index contributed by atoms with van der Waals surface area (Å²) in [6, 6.07) is 18.9. The van der Waals surface area contributed by atoms with E-state index in [2.05, 4.69) is 5.32 Å². The number of anilines is 1. The van der Waals surface area contributed by atoms with Crippen LogP contribution in [0.25, 0.3) is 6.08 Å². The van der Waals surface area contributed by atoms with Crippen LogP contribution in [0, 0.1) is 6.92 Å². The number of para-hydroxylation sites is 2. The van der Waals surface area contributed by atoms with Crippen molar-refractivity contribution in [1.29, 1.82) is 0 Å². The van der Waals surface area contributed by atoms with Crippen LogP contribution >= 0.6 is 11.3 Å². The van der Waals surface area contributed by atoms with Crippen molar-refractivity contribution in [1.82, 2.24) is 5.32 Å². The fourth-order valence-corrected chi connectivity index (χ4v) is 3.77. The summed E-state index contributed by atoms with van der Waals surface area (Å²) in [5.41, 5.74) is 2.55. The predicted octanol–water partition coefficient (Wildman–Crippen LogP) is 4.14. The van der Waals surface area contributed by atoms with Gasteiger partial charge in [-0.2, -0.15) is 0 Å². The Bertz CT molecular complexity index is 1070. The molecule has 0 radical (unpaired) electrons. The number of benzene rings is 2. The van der Waals surface area contributed by atoms with E-state index in [9.17, 15) is 9.59 Å². The lowest BCUT2D eigenvalue weighted by Crippen LogP contribution is -2.44. The Morgan fingerprint density at radius 3 is 2.79 bits per heavy atom. The summed E-state index contributed by atoms with van der Waals surface area (Å²) < 4.78 is 5.86. The maximum atomic E-state index is 13.1. The van der Waals surface area contributed by atoms with Gasteiger partial charge < -0.3 is 10.1 Å². The van der Waals surface area contributed by atoms with Crippen molar-refractivity contribution in [2.75, 3.05) is 11.4 Å². The van der Waals surface area contributed by atoms with Gasteiger partial charge in [0, 0.05) is 4.88 Å². The second-order valence-corrected chi connectivity index (χ2v) is 7.77. The molecule has 5 nitrogen and oxygen atoms in total. The number of ether oxygens (including phenoxy) is 1. The van der Waals surface area contributed by atoms with Crippen LogP contribution in [0.3, 0.4) is 0 Å². The second kappa shape index (κ2) is 8.32. The van der Waals surface area contributed by atoms with Crippen molar-refractivity contribution in [3.8, 4) is 5.75 Å². The third kappa shape index (κ3) is 4.38. The number of amides is 2.